The molecule has 0 aromatic heterocycles. The number of thioether (sulfide) groups is 1. The fraction of sp³-hybridized carbons (Fsp3) is 0.364. The molecule has 27 heavy (non-hydrogen) atoms. The van der Waals surface area contributed by atoms with E-state index in [9.17, 15) is 9.59 Å². The Morgan fingerprint density at radius 3 is 2.56 bits per heavy atom. The minimum absolute atomic E-state index is 0.180. The van der Waals surface area contributed by atoms with Gasteiger partial charge in [0.15, 0.2) is 6.61 Å². The molecule has 0 fully saturated rings. The Balaban J connectivity index is 1.81. The lowest BCUT2D eigenvalue weighted by Gasteiger charge is -2.15. The van der Waals surface area contributed by atoms with E-state index < -0.39 is 5.97 Å². The van der Waals surface area contributed by atoms with Crippen molar-refractivity contribution in [2.45, 2.75) is 44.9 Å². The van der Waals surface area contributed by atoms with E-state index in [4.69, 9.17) is 4.74 Å². The summed E-state index contributed by atoms with van der Waals surface area (Å²) in [6, 6.07) is 13.8. The van der Waals surface area contributed by atoms with Crippen molar-refractivity contribution in [1.29, 1.82) is 0 Å². The normalized spacial score (nSPS) is 11.7. The van der Waals surface area contributed by atoms with Crippen molar-refractivity contribution in [2.75, 3.05) is 17.7 Å². The van der Waals surface area contributed by atoms with Crippen LogP contribution in [0.3, 0.4) is 0 Å². The molecule has 2 rings (SSSR count). The molecule has 1 N–H and O–H groups in total. The van der Waals surface area contributed by atoms with Gasteiger partial charge in [-0.1, -0.05) is 38.1 Å². The molecular formula is C22H27NO3S. The summed E-state index contributed by atoms with van der Waals surface area (Å²) >= 11 is 1.41. The predicted molar refractivity (Wildman–Crippen MR) is 111 cm³/mol. The number of para-hydroxylation sites is 1. The van der Waals surface area contributed by atoms with Gasteiger partial charge in [0.25, 0.3) is 5.91 Å². The Morgan fingerprint density at radius 2 is 1.85 bits per heavy atom. The highest BCUT2D eigenvalue weighted by molar-refractivity contribution is 8.00. The molecule has 0 unspecified atom stereocenters. The molecule has 0 aliphatic rings. The molecule has 144 valence electrons. The van der Waals surface area contributed by atoms with E-state index in [1.165, 1.54) is 22.9 Å². The molecule has 2 aromatic rings. The highest BCUT2D eigenvalue weighted by atomic mass is 32.2. The fourth-order valence-electron chi connectivity index (χ4n) is 2.58. The maximum Gasteiger partial charge on any atom is 0.316 e. The summed E-state index contributed by atoms with van der Waals surface area (Å²) in [5, 5.41) is 2.85. The zero-order chi connectivity index (χ0) is 19.8. The molecule has 0 heterocycles. The number of hydrogen-bond acceptors (Lipinski definition) is 4. The van der Waals surface area contributed by atoms with Gasteiger partial charge in [-0.15, -0.1) is 11.8 Å². The van der Waals surface area contributed by atoms with Crippen LogP contribution in [0.5, 0.6) is 0 Å². The minimum atomic E-state index is -0.399. The number of ether oxygens (including phenoxy) is 1. The van der Waals surface area contributed by atoms with Crippen molar-refractivity contribution >= 4 is 29.3 Å². The number of anilines is 1. The van der Waals surface area contributed by atoms with Crippen LogP contribution in [-0.4, -0.2) is 24.2 Å². The summed E-state index contributed by atoms with van der Waals surface area (Å²) in [7, 11) is 0. The Kier molecular flexibility index (Phi) is 7.92. The summed E-state index contributed by atoms with van der Waals surface area (Å²) < 4.78 is 5.11. The smallest absolute Gasteiger partial charge is 0.316 e. The van der Waals surface area contributed by atoms with Gasteiger partial charge in [-0.25, -0.2) is 0 Å². The summed E-state index contributed by atoms with van der Waals surface area (Å²) in [4.78, 5) is 25.1. The Bertz CT molecular complexity index is 804. The number of carbonyl (C=O) groups excluding carboxylic acids is 2. The van der Waals surface area contributed by atoms with E-state index in [1.807, 2.05) is 49.4 Å². The largest absolute Gasteiger partial charge is 0.455 e. The average molecular weight is 386 g/mol. The second-order valence-electron chi connectivity index (χ2n) is 6.64. The number of rotatable bonds is 8. The quantitative estimate of drug-likeness (QED) is 0.508. The fourth-order valence-corrected chi connectivity index (χ4v) is 3.37. The predicted octanol–water partition coefficient (Wildman–Crippen LogP) is 5.09. The minimum Gasteiger partial charge on any atom is -0.455 e. The van der Waals surface area contributed by atoms with E-state index in [-0.39, 0.29) is 18.3 Å². The van der Waals surface area contributed by atoms with E-state index in [0.29, 0.717) is 5.92 Å². The van der Waals surface area contributed by atoms with Gasteiger partial charge in [0.2, 0.25) is 0 Å². The molecule has 4 nitrogen and oxygen atoms in total. The first kappa shape index (κ1) is 21.0. The van der Waals surface area contributed by atoms with Crippen molar-refractivity contribution in [3.8, 4) is 0 Å². The van der Waals surface area contributed by atoms with Gasteiger partial charge in [-0.05, 0) is 61.1 Å². The van der Waals surface area contributed by atoms with Gasteiger partial charge in [-0.3, -0.25) is 9.59 Å². The first-order chi connectivity index (χ1) is 12.9. The third kappa shape index (κ3) is 6.43. The number of esters is 1. The third-order valence-corrected chi connectivity index (χ3v) is 5.54. The molecule has 0 saturated carbocycles. The first-order valence-corrected chi connectivity index (χ1v) is 10.1. The zero-order valence-corrected chi connectivity index (χ0v) is 17.2. The summed E-state index contributed by atoms with van der Waals surface area (Å²) in [5.74, 6) is -0.198. The summed E-state index contributed by atoms with van der Waals surface area (Å²) in [6.07, 6.45) is 0.984. The number of carbonyl (C=O) groups is 2. The second kappa shape index (κ2) is 10.2. The lowest BCUT2D eigenvalue weighted by Crippen LogP contribution is -2.22. The molecule has 0 aliphatic carbocycles. The SMILES string of the molecule is CC[C@H](C)c1ccccc1NC(=O)COC(=O)CSc1ccc(C)c(C)c1. The Morgan fingerprint density at radius 1 is 1.11 bits per heavy atom. The lowest BCUT2D eigenvalue weighted by atomic mass is 9.97. The first-order valence-electron chi connectivity index (χ1n) is 9.15. The van der Waals surface area contributed by atoms with Crippen LogP contribution in [-0.2, 0) is 14.3 Å². The Hall–Kier alpha value is -2.27. The van der Waals surface area contributed by atoms with Crippen LogP contribution in [0.15, 0.2) is 47.4 Å². The van der Waals surface area contributed by atoms with Gasteiger partial charge in [0, 0.05) is 10.6 Å². The monoisotopic (exact) mass is 385 g/mol. The van der Waals surface area contributed by atoms with Crippen LogP contribution in [0.2, 0.25) is 0 Å². The molecule has 1 amide bonds. The number of hydrogen-bond donors (Lipinski definition) is 1. The maximum atomic E-state index is 12.1. The number of benzene rings is 2. The molecule has 0 saturated heterocycles. The van der Waals surface area contributed by atoms with Crippen LogP contribution in [0.4, 0.5) is 5.69 Å². The molecule has 2 aromatic carbocycles. The van der Waals surface area contributed by atoms with E-state index in [0.717, 1.165) is 22.6 Å². The lowest BCUT2D eigenvalue weighted by molar-refractivity contribution is -0.144. The van der Waals surface area contributed by atoms with E-state index in [2.05, 4.69) is 26.1 Å². The molecule has 5 heteroatoms. The molecule has 0 spiro atoms. The second-order valence-corrected chi connectivity index (χ2v) is 7.69. The number of amides is 1. The molecule has 0 bridgehead atoms. The van der Waals surface area contributed by atoms with Crippen molar-refractivity contribution in [1.82, 2.24) is 0 Å². The molecule has 1 atom stereocenters. The Labute approximate surface area is 165 Å². The number of nitrogens with one attached hydrogen (secondary N) is 1. The van der Waals surface area contributed by atoms with Gasteiger partial charge in [0.05, 0.1) is 5.75 Å². The van der Waals surface area contributed by atoms with Crippen LogP contribution < -0.4 is 5.32 Å². The molecule has 0 aliphatic heterocycles. The topological polar surface area (TPSA) is 55.4 Å². The van der Waals surface area contributed by atoms with Gasteiger partial charge < -0.3 is 10.1 Å². The van der Waals surface area contributed by atoms with Gasteiger partial charge >= 0.3 is 5.97 Å². The molecular weight excluding hydrogens is 358 g/mol. The average Bonchev–Trinajstić information content (AvgIpc) is 2.67. The van der Waals surface area contributed by atoms with Crippen LogP contribution in [0.1, 0.15) is 42.9 Å². The zero-order valence-electron chi connectivity index (χ0n) is 16.4. The van der Waals surface area contributed by atoms with Gasteiger partial charge in [0.1, 0.15) is 0 Å². The van der Waals surface area contributed by atoms with Crippen molar-refractivity contribution in [3.05, 3.63) is 59.2 Å². The van der Waals surface area contributed by atoms with Crippen molar-refractivity contribution < 1.29 is 14.3 Å². The van der Waals surface area contributed by atoms with Gasteiger partial charge in [-0.2, -0.15) is 0 Å². The summed E-state index contributed by atoms with van der Waals surface area (Å²) in [5.41, 5.74) is 4.27. The standard InChI is InChI=1S/C22H27NO3S/c1-5-15(2)19-8-6-7-9-20(19)23-21(24)13-26-22(25)14-27-18-11-10-16(3)17(4)12-18/h6-12,15H,5,13-14H2,1-4H3,(H,23,24)/t15-/m0/s1. The van der Waals surface area contributed by atoms with E-state index >= 15 is 0 Å². The summed E-state index contributed by atoms with van der Waals surface area (Å²) in [6.45, 7) is 8.05. The highest BCUT2D eigenvalue weighted by Crippen LogP contribution is 2.26. The number of aryl methyl sites for hydroxylation is 2. The van der Waals surface area contributed by atoms with Crippen LogP contribution in [0, 0.1) is 13.8 Å². The molecule has 0 radical (unpaired) electrons. The highest BCUT2D eigenvalue weighted by Gasteiger charge is 2.13. The van der Waals surface area contributed by atoms with Crippen molar-refractivity contribution in [3.63, 3.8) is 0 Å². The van der Waals surface area contributed by atoms with Crippen molar-refractivity contribution in [2.24, 2.45) is 0 Å². The van der Waals surface area contributed by atoms with Crippen LogP contribution >= 0.6 is 11.8 Å². The van der Waals surface area contributed by atoms with Crippen LogP contribution in [0.25, 0.3) is 0 Å². The third-order valence-electron chi connectivity index (χ3n) is 4.58. The maximum absolute atomic E-state index is 12.1. The van der Waals surface area contributed by atoms with E-state index in [1.54, 1.807) is 0 Å².